The molecule has 0 bridgehead atoms. The lowest BCUT2D eigenvalue weighted by Crippen LogP contribution is -2.09. The van der Waals surface area contributed by atoms with E-state index in [0.29, 0.717) is 0 Å². The molecule has 0 aliphatic carbocycles. The fourth-order valence-electron chi connectivity index (χ4n) is 1.07. The highest BCUT2D eigenvalue weighted by molar-refractivity contribution is 7.80. The van der Waals surface area contributed by atoms with E-state index in [4.69, 9.17) is 12.2 Å². The van der Waals surface area contributed by atoms with Gasteiger partial charge in [0.2, 0.25) is 0 Å². The molecule has 1 N–H and O–H groups in total. The van der Waals surface area contributed by atoms with E-state index in [9.17, 15) is 0 Å². The number of rotatable bonds is 2. The Kier molecular flexibility index (Phi) is 3.25. The van der Waals surface area contributed by atoms with Gasteiger partial charge < -0.3 is 10.2 Å². The van der Waals surface area contributed by atoms with Crippen LogP contribution in [0.15, 0.2) is 24.3 Å². The number of nitrogens with one attached hydrogen (secondary N) is 1. The highest BCUT2D eigenvalue weighted by Gasteiger charge is 1.96. The zero-order valence-electron chi connectivity index (χ0n) is 8.16. The molecule has 0 radical (unpaired) electrons. The lowest BCUT2D eigenvalue weighted by Gasteiger charge is -2.13. The van der Waals surface area contributed by atoms with E-state index in [0.717, 1.165) is 10.7 Å². The lowest BCUT2D eigenvalue weighted by atomic mass is 10.2. The molecule has 1 aromatic carbocycles. The predicted molar refractivity (Wildman–Crippen MR) is 62.7 cm³/mol. The van der Waals surface area contributed by atoms with Crippen molar-refractivity contribution in [3.05, 3.63) is 24.3 Å². The van der Waals surface area contributed by atoms with Crippen molar-refractivity contribution in [3.8, 4) is 0 Å². The van der Waals surface area contributed by atoms with E-state index in [1.54, 1.807) is 0 Å². The van der Waals surface area contributed by atoms with Crippen LogP contribution in [0.25, 0.3) is 0 Å². The fraction of sp³-hybridized carbons (Fsp3) is 0.300. The summed E-state index contributed by atoms with van der Waals surface area (Å²) in [6, 6.07) is 8.14. The first-order valence-corrected chi connectivity index (χ1v) is 4.55. The molecule has 3 heteroatoms. The molecule has 0 saturated carbocycles. The molecular formula is C10H14N2S. The number of anilines is 2. The van der Waals surface area contributed by atoms with E-state index in [1.165, 1.54) is 5.69 Å². The Morgan fingerprint density at radius 1 is 1.38 bits per heavy atom. The van der Waals surface area contributed by atoms with Gasteiger partial charge in [0.15, 0.2) is 0 Å². The second kappa shape index (κ2) is 4.23. The maximum Gasteiger partial charge on any atom is 0.0765 e. The molecule has 13 heavy (non-hydrogen) atoms. The molecule has 0 amide bonds. The van der Waals surface area contributed by atoms with Gasteiger partial charge in [-0.3, -0.25) is 0 Å². The smallest absolute Gasteiger partial charge is 0.0765 e. The van der Waals surface area contributed by atoms with E-state index in [2.05, 4.69) is 22.3 Å². The molecule has 0 saturated heterocycles. The molecule has 0 unspecified atom stereocenters. The molecule has 1 aromatic rings. The summed E-state index contributed by atoms with van der Waals surface area (Å²) in [6.07, 6.45) is 0. The third-order valence-corrected chi connectivity index (χ3v) is 1.78. The molecule has 2 nitrogen and oxygen atoms in total. The molecule has 0 fully saturated rings. The summed E-state index contributed by atoms with van der Waals surface area (Å²) in [7, 11) is 4.03. The Morgan fingerprint density at radius 2 is 2.08 bits per heavy atom. The Hall–Kier alpha value is -1.09. The summed E-state index contributed by atoms with van der Waals surface area (Å²) in [5, 5.41) is 3.10. The van der Waals surface area contributed by atoms with Gasteiger partial charge in [-0.15, -0.1) is 0 Å². The van der Waals surface area contributed by atoms with Gasteiger partial charge >= 0.3 is 0 Å². The van der Waals surface area contributed by atoms with Crippen LogP contribution in [0.5, 0.6) is 0 Å². The van der Waals surface area contributed by atoms with E-state index < -0.39 is 0 Å². The van der Waals surface area contributed by atoms with Crippen LogP contribution < -0.4 is 10.2 Å². The lowest BCUT2D eigenvalue weighted by molar-refractivity contribution is 1.13. The van der Waals surface area contributed by atoms with Gasteiger partial charge in [0.25, 0.3) is 0 Å². The standard InChI is InChI=1S/C10H14N2S/c1-8(13)11-9-5-4-6-10(7-9)12(2)3/h4-7H,1-3H3,(H,11,13). The van der Waals surface area contributed by atoms with Crippen LogP contribution in [0.1, 0.15) is 6.92 Å². The Morgan fingerprint density at radius 3 is 2.62 bits per heavy atom. The summed E-state index contributed by atoms with van der Waals surface area (Å²) in [4.78, 5) is 2.85. The zero-order chi connectivity index (χ0) is 9.84. The topological polar surface area (TPSA) is 15.3 Å². The van der Waals surface area contributed by atoms with Crippen LogP contribution in [-0.2, 0) is 0 Å². The van der Waals surface area contributed by atoms with Gasteiger partial charge in [0.05, 0.1) is 4.99 Å². The summed E-state index contributed by atoms with van der Waals surface area (Å²) < 4.78 is 0. The third-order valence-electron chi connectivity index (χ3n) is 1.68. The molecule has 0 spiro atoms. The van der Waals surface area contributed by atoms with Gasteiger partial charge in [0.1, 0.15) is 0 Å². The van der Waals surface area contributed by atoms with Gasteiger partial charge in [-0.2, -0.15) is 0 Å². The SMILES string of the molecule is CC(=S)Nc1cccc(N(C)C)c1. The van der Waals surface area contributed by atoms with Crippen molar-refractivity contribution in [2.45, 2.75) is 6.92 Å². The number of benzene rings is 1. The number of nitrogens with zero attached hydrogens (tertiary/aromatic N) is 1. The second-order valence-corrected chi connectivity index (χ2v) is 3.74. The minimum Gasteiger partial charge on any atom is -0.378 e. The Labute approximate surface area is 84.6 Å². The highest BCUT2D eigenvalue weighted by Crippen LogP contribution is 2.16. The van der Waals surface area contributed by atoms with Crippen molar-refractivity contribution in [3.63, 3.8) is 0 Å². The molecular weight excluding hydrogens is 180 g/mol. The van der Waals surface area contributed by atoms with Gasteiger partial charge in [-0.05, 0) is 25.1 Å². The molecule has 0 aromatic heterocycles. The van der Waals surface area contributed by atoms with Crippen LogP contribution in [0.3, 0.4) is 0 Å². The molecule has 0 atom stereocenters. The monoisotopic (exact) mass is 194 g/mol. The van der Waals surface area contributed by atoms with Gasteiger partial charge in [0, 0.05) is 25.5 Å². The second-order valence-electron chi connectivity index (χ2n) is 3.13. The van der Waals surface area contributed by atoms with Crippen LogP contribution in [0.4, 0.5) is 11.4 Å². The maximum absolute atomic E-state index is 4.96. The summed E-state index contributed by atoms with van der Waals surface area (Å²) in [5.41, 5.74) is 2.21. The van der Waals surface area contributed by atoms with E-state index in [1.807, 2.05) is 33.2 Å². The average Bonchev–Trinajstić information content (AvgIpc) is 2.03. The normalized spacial score (nSPS) is 9.46. The van der Waals surface area contributed by atoms with Gasteiger partial charge in [-0.1, -0.05) is 18.3 Å². The Bertz CT molecular complexity index is 308. The third kappa shape index (κ3) is 3.03. The first kappa shape index (κ1) is 9.99. The molecule has 0 heterocycles. The molecule has 0 aliphatic rings. The van der Waals surface area contributed by atoms with Crippen molar-refractivity contribution in [1.82, 2.24) is 0 Å². The minimum absolute atomic E-state index is 0.788. The van der Waals surface area contributed by atoms with Crippen LogP contribution in [0.2, 0.25) is 0 Å². The van der Waals surface area contributed by atoms with Crippen molar-refractivity contribution >= 4 is 28.6 Å². The minimum atomic E-state index is 0.788. The van der Waals surface area contributed by atoms with Crippen molar-refractivity contribution in [1.29, 1.82) is 0 Å². The Balaban J connectivity index is 2.85. The highest BCUT2D eigenvalue weighted by atomic mass is 32.1. The summed E-state index contributed by atoms with van der Waals surface area (Å²) >= 11 is 4.96. The van der Waals surface area contributed by atoms with Crippen molar-refractivity contribution < 1.29 is 0 Å². The summed E-state index contributed by atoms with van der Waals surface area (Å²) in [6.45, 7) is 1.87. The molecule has 1 rings (SSSR count). The van der Waals surface area contributed by atoms with E-state index >= 15 is 0 Å². The van der Waals surface area contributed by atoms with Crippen molar-refractivity contribution in [2.75, 3.05) is 24.3 Å². The summed E-state index contributed by atoms with van der Waals surface area (Å²) in [5.74, 6) is 0. The van der Waals surface area contributed by atoms with Crippen LogP contribution in [-0.4, -0.2) is 19.1 Å². The number of thiocarbonyl (C=S) groups is 1. The molecule has 0 aliphatic heterocycles. The van der Waals surface area contributed by atoms with Crippen LogP contribution >= 0.6 is 12.2 Å². The van der Waals surface area contributed by atoms with E-state index in [-0.39, 0.29) is 0 Å². The maximum atomic E-state index is 4.96. The number of hydrogen-bond acceptors (Lipinski definition) is 2. The van der Waals surface area contributed by atoms with Crippen molar-refractivity contribution in [2.24, 2.45) is 0 Å². The largest absolute Gasteiger partial charge is 0.378 e. The first-order chi connectivity index (χ1) is 6.09. The average molecular weight is 194 g/mol. The fourth-order valence-corrected chi connectivity index (χ4v) is 1.18. The predicted octanol–water partition coefficient (Wildman–Crippen LogP) is 2.51. The zero-order valence-corrected chi connectivity index (χ0v) is 8.98. The molecule has 70 valence electrons. The first-order valence-electron chi connectivity index (χ1n) is 4.14. The van der Waals surface area contributed by atoms with Gasteiger partial charge in [-0.25, -0.2) is 0 Å². The number of hydrogen-bond donors (Lipinski definition) is 1. The van der Waals surface area contributed by atoms with Crippen LogP contribution in [0, 0.1) is 0 Å². The quantitative estimate of drug-likeness (QED) is 0.728.